The number of nitrogens with zero attached hydrogens (tertiary/aromatic N) is 2. The second-order valence-corrected chi connectivity index (χ2v) is 5.85. The SMILES string of the molecule is CCOc1cc(CNC(=NC)NCC(C)Oc2cccc(OC)c2)ccn1. The van der Waals surface area contributed by atoms with E-state index in [-0.39, 0.29) is 6.10 Å². The highest BCUT2D eigenvalue weighted by molar-refractivity contribution is 5.79. The molecule has 1 aromatic heterocycles. The molecule has 27 heavy (non-hydrogen) atoms. The van der Waals surface area contributed by atoms with Gasteiger partial charge in [0.2, 0.25) is 5.88 Å². The highest BCUT2D eigenvalue weighted by Crippen LogP contribution is 2.19. The molecule has 1 atom stereocenters. The molecule has 1 aromatic carbocycles. The maximum atomic E-state index is 5.91. The van der Waals surface area contributed by atoms with Crippen LogP contribution in [0.4, 0.5) is 0 Å². The van der Waals surface area contributed by atoms with E-state index < -0.39 is 0 Å². The number of ether oxygens (including phenoxy) is 3. The second-order valence-electron chi connectivity index (χ2n) is 5.85. The van der Waals surface area contributed by atoms with Gasteiger partial charge in [-0.1, -0.05) is 6.07 Å². The molecular formula is C20H28N4O3. The van der Waals surface area contributed by atoms with Crippen LogP contribution in [0.1, 0.15) is 19.4 Å². The number of aromatic nitrogens is 1. The van der Waals surface area contributed by atoms with Crippen LogP contribution in [0.5, 0.6) is 17.4 Å². The molecule has 2 rings (SSSR count). The van der Waals surface area contributed by atoms with Crippen molar-refractivity contribution in [2.45, 2.75) is 26.5 Å². The van der Waals surface area contributed by atoms with Crippen LogP contribution in [0, 0.1) is 0 Å². The minimum Gasteiger partial charge on any atom is -0.497 e. The van der Waals surface area contributed by atoms with E-state index in [0.29, 0.717) is 31.5 Å². The average molecular weight is 372 g/mol. The first-order valence-corrected chi connectivity index (χ1v) is 8.97. The first-order valence-electron chi connectivity index (χ1n) is 8.97. The standard InChI is InChI=1S/C20H28N4O3/c1-5-26-19-11-16(9-10-22-19)14-24-20(21-3)23-13-15(2)27-18-8-6-7-17(12-18)25-4/h6-12,15H,5,13-14H2,1-4H3,(H2,21,23,24). The van der Waals surface area contributed by atoms with Crippen molar-refractivity contribution in [3.63, 3.8) is 0 Å². The van der Waals surface area contributed by atoms with Crippen LogP contribution in [0.25, 0.3) is 0 Å². The number of benzene rings is 1. The van der Waals surface area contributed by atoms with Crippen molar-refractivity contribution in [2.24, 2.45) is 4.99 Å². The lowest BCUT2D eigenvalue weighted by molar-refractivity contribution is 0.223. The van der Waals surface area contributed by atoms with E-state index in [1.165, 1.54) is 0 Å². The first-order chi connectivity index (χ1) is 13.1. The van der Waals surface area contributed by atoms with Crippen molar-refractivity contribution in [1.82, 2.24) is 15.6 Å². The number of hydrogen-bond donors (Lipinski definition) is 2. The van der Waals surface area contributed by atoms with E-state index in [2.05, 4.69) is 20.6 Å². The molecule has 0 amide bonds. The molecule has 0 spiro atoms. The molecule has 0 radical (unpaired) electrons. The van der Waals surface area contributed by atoms with Crippen LogP contribution in [-0.4, -0.2) is 44.4 Å². The Balaban J connectivity index is 1.80. The normalized spacial score (nSPS) is 12.2. The van der Waals surface area contributed by atoms with Gasteiger partial charge in [0.05, 0.1) is 20.3 Å². The molecule has 1 heterocycles. The molecule has 0 bridgehead atoms. The molecule has 0 aliphatic heterocycles. The quantitative estimate of drug-likeness (QED) is 0.520. The summed E-state index contributed by atoms with van der Waals surface area (Å²) in [5.74, 6) is 2.87. The Morgan fingerprint density at radius 1 is 1.19 bits per heavy atom. The summed E-state index contributed by atoms with van der Waals surface area (Å²) < 4.78 is 16.5. The topological polar surface area (TPSA) is 77.0 Å². The van der Waals surface area contributed by atoms with Gasteiger partial charge in [-0.2, -0.15) is 0 Å². The van der Waals surface area contributed by atoms with Crippen molar-refractivity contribution in [2.75, 3.05) is 27.3 Å². The number of hydrogen-bond acceptors (Lipinski definition) is 5. The lowest BCUT2D eigenvalue weighted by atomic mass is 10.2. The highest BCUT2D eigenvalue weighted by Gasteiger charge is 2.07. The second kappa shape index (κ2) is 10.9. The maximum absolute atomic E-state index is 5.91. The predicted octanol–water partition coefficient (Wildman–Crippen LogP) is 2.62. The Labute approximate surface area is 160 Å². The fraction of sp³-hybridized carbons (Fsp3) is 0.400. The third-order valence-corrected chi connectivity index (χ3v) is 3.71. The van der Waals surface area contributed by atoms with Crippen molar-refractivity contribution in [3.05, 3.63) is 48.2 Å². The summed E-state index contributed by atoms with van der Waals surface area (Å²) in [6.45, 7) is 5.76. The molecule has 146 valence electrons. The molecule has 7 heteroatoms. The molecule has 0 saturated carbocycles. The summed E-state index contributed by atoms with van der Waals surface area (Å²) >= 11 is 0. The van der Waals surface area contributed by atoms with Gasteiger partial charge in [0, 0.05) is 31.9 Å². The number of guanidine groups is 1. The van der Waals surface area contributed by atoms with E-state index >= 15 is 0 Å². The Kier molecular flexibility index (Phi) is 8.22. The molecule has 2 aromatic rings. The monoisotopic (exact) mass is 372 g/mol. The van der Waals surface area contributed by atoms with Gasteiger partial charge in [-0.05, 0) is 37.6 Å². The number of aliphatic imine (C=N–C) groups is 1. The fourth-order valence-electron chi connectivity index (χ4n) is 2.38. The summed E-state index contributed by atoms with van der Waals surface area (Å²) in [6.07, 6.45) is 1.70. The van der Waals surface area contributed by atoms with Crippen LogP contribution >= 0.6 is 0 Å². The van der Waals surface area contributed by atoms with E-state index in [4.69, 9.17) is 14.2 Å². The van der Waals surface area contributed by atoms with Gasteiger partial charge in [-0.3, -0.25) is 4.99 Å². The van der Waals surface area contributed by atoms with Crippen molar-refractivity contribution < 1.29 is 14.2 Å². The van der Waals surface area contributed by atoms with Gasteiger partial charge < -0.3 is 24.8 Å². The van der Waals surface area contributed by atoms with Crippen LogP contribution in [-0.2, 0) is 6.54 Å². The van der Waals surface area contributed by atoms with Gasteiger partial charge in [-0.25, -0.2) is 4.98 Å². The smallest absolute Gasteiger partial charge is 0.213 e. The van der Waals surface area contributed by atoms with Crippen LogP contribution < -0.4 is 24.8 Å². The summed E-state index contributed by atoms with van der Waals surface area (Å²) in [5.41, 5.74) is 1.07. The van der Waals surface area contributed by atoms with E-state index in [9.17, 15) is 0 Å². The minimum absolute atomic E-state index is 0.0406. The summed E-state index contributed by atoms with van der Waals surface area (Å²) in [5, 5.41) is 6.54. The van der Waals surface area contributed by atoms with Crippen molar-refractivity contribution >= 4 is 5.96 Å². The van der Waals surface area contributed by atoms with E-state index in [1.54, 1.807) is 20.4 Å². The Hall–Kier alpha value is -2.96. The number of rotatable bonds is 9. The fourth-order valence-corrected chi connectivity index (χ4v) is 2.38. The lowest BCUT2D eigenvalue weighted by Gasteiger charge is -2.18. The van der Waals surface area contributed by atoms with Crippen molar-refractivity contribution in [1.29, 1.82) is 0 Å². The largest absolute Gasteiger partial charge is 0.497 e. The summed E-state index contributed by atoms with van der Waals surface area (Å²) in [6, 6.07) is 11.4. The maximum Gasteiger partial charge on any atom is 0.213 e. The number of pyridine rings is 1. The lowest BCUT2D eigenvalue weighted by Crippen LogP contribution is -2.41. The molecule has 0 aliphatic carbocycles. The number of methoxy groups -OCH3 is 1. The molecule has 0 saturated heterocycles. The average Bonchev–Trinajstić information content (AvgIpc) is 2.69. The third kappa shape index (κ3) is 7.05. The van der Waals surface area contributed by atoms with Crippen LogP contribution in [0.15, 0.2) is 47.6 Å². The van der Waals surface area contributed by atoms with Gasteiger partial charge in [-0.15, -0.1) is 0 Å². The highest BCUT2D eigenvalue weighted by atomic mass is 16.5. The summed E-state index contributed by atoms with van der Waals surface area (Å²) in [4.78, 5) is 8.41. The molecule has 0 fully saturated rings. The van der Waals surface area contributed by atoms with Gasteiger partial charge in [0.1, 0.15) is 17.6 Å². The van der Waals surface area contributed by atoms with E-state index in [0.717, 1.165) is 17.1 Å². The molecule has 0 aliphatic rings. The molecular weight excluding hydrogens is 344 g/mol. The first kappa shape index (κ1) is 20.4. The predicted molar refractivity (Wildman–Crippen MR) is 107 cm³/mol. The van der Waals surface area contributed by atoms with Crippen molar-refractivity contribution in [3.8, 4) is 17.4 Å². The van der Waals surface area contributed by atoms with Gasteiger partial charge in [0.15, 0.2) is 5.96 Å². The van der Waals surface area contributed by atoms with E-state index in [1.807, 2.05) is 50.2 Å². The number of nitrogens with one attached hydrogen (secondary N) is 2. The zero-order valence-corrected chi connectivity index (χ0v) is 16.4. The summed E-state index contributed by atoms with van der Waals surface area (Å²) in [7, 11) is 3.38. The third-order valence-electron chi connectivity index (χ3n) is 3.71. The van der Waals surface area contributed by atoms with Crippen LogP contribution in [0.2, 0.25) is 0 Å². The Morgan fingerprint density at radius 2 is 2.00 bits per heavy atom. The zero-order chi connectivity index (χ0) is 19.5. The van der Waals surface area contributed by atoms with Gasteiger partial charge >= 0.3 is 0 Å². The van der Waals surface area contributed by atoms with Gasteiger partial charge in [0.25, 0.3) is 0 Å². The molecule has 1 unspecified atom stereocenters. The molecule has 2 N–H and O–H groups in total. The zero-order valence-electron chi connectivity index (χ0n) is 16.4. The Bertz CT molecular complexity index is 737. The van der Waals surface area contributed by atoms with Crippen LogP contribution in [0.3, 0.4) is 0 Å². The Morgan fingerprint density at radius 3 is 2.74 bits per heavy atom. The minimum atomic E-state index is -0.0406. The molecule has 7 nitrogen and oxygen atoms in total.